The average molecular weight is 639 g/mol. The van der Waals surface area contributed by atoms with E-state index in [0.717, 1.165) is 0 Å². The number of carbonyl (C=O) groups is 4. The summed E-state index contributed by atoms with van der Waals surface area (Å²) in [5.41, 5.74) is -1.17. The van der Waals surface area contributed by atoms with Crippen LogP contribution in [0.3, 0.4) is 0 Å². The fraction of sp³-hybridized carbons (Fsp3) is 0.471. The number of ether oxygens (including phenoxy) is 4. The van der Waals surface area contributed by atoms with Crippen molar-refractivity contribution in [3.63, 3.8) is 0 Å². The number of benzene rings is 2. The zero-order valence-corrected chi connectivity index (χ0v) is 27.7. The number of nitrogens with one attached hydrogen (secondary N) is 3. The van der Waals surface area contributed by atoms with Gasteiger partial charge in [-0.1, -0.05) is 18.7 Å². The van der Waals surface area contributed by atoms with Gasteiger partial charge in [-0.15, -0.1) is 0 Å². The Morgan fingerprint density at radius 3 is 1.89 bits per heavy atom. The fourth-order valence-corrected chi connectivity index (χ4v) is 4.51. The minimum atomic E-state index is -1.24. The lowest BCUT2D eigenvalue weighted by molar-refractivity contribution is -0.0293. The summed E-state index contributed by atoms with van der Waals surface area (Å²) in [6.07, 6.45) is 0.817. The topological polar surface area (TPSA) is 145 Å². The van der Waals surface area contributed by atoms with Crippen molar-refractivity contribution < 1.29 is 38.1 Å². The van der Waals surface area contributed by atoms with Gasteiger partial charge in [0.25, 0.3) is 5.91 Å². The maximum absolute atomic E-state index is 13.2. The van der Waals surface area contributed by atoms with Gasteiger partial charge in [-0.3, -0.25) is 15.4 Å². The van der Waals surface area contributed by atoms with E-state index in [-0.39, 0.29) is 12.6 Å². The van der Waals surface area contributed by atoms with Crippen LogP contribution in [-0.4, -0.2) is 71.7 Å². The molecule has 0 bridgehead atoms. The highest BCUT2D eigenvalue weighted by Gasteiger charge is 2.37. The molecule has 1 unspecified atom stereocenters. The highest BCUT2D eigenvalue weighted by atomic mass is 16.6. The summed E-state index contributed by atoms with van der Waals surface area (Å²) < 4.78 is 22.2. The molecule has 3 N–H and O–H groups in total. The lowest BCUT2D eigenvalue weighted by Gasteiger charge is -2.39. The van der Waals surface area contributed by atoms with E-state index >= 15 is 0 Å². The second kappa shape index (κ2) is 15.1. The standard InChI is InChI=1S/C34H46N4O8/c1-9-34(8,22-38(25-18-20-43-21-19-25)31(42)46-33(5,6)7)45-29(40)35-24-16-14-23(15-17-24)28(39)36-26-12-10-11-13-27(26)37-30(41)44-32(2,3)4/h9-17,25H,1,18-22H2,2-8H3,(H,35,40)(H,36,39)(H,37,41). The highest BCUT2D eigenvalue weighted by molar-refractivity contribution is 6.07. The quantitative estimate of drug-likeness (QED) is 0.193. The SMILES string of the molecule is C=CC(C)(CN(C(=O)OC(C)(C)C)C1CCOCC1)OC(=O)Nc1ccc(C(=O)Nc2ccccc2NC(=O)OC(C)(C)C)cc1. The maximum Gasteiger partial charge on any atom is 0.412 e. The molecule has 250 valence electrons. The third-order valence-electron chi connectivity index (χ3n) is 6.71. The van der Waals surface area contributed by atoms with Gasteiger partial charge in [-0.2, -0.15) is 0 Å². The van der Waals surface area contributed by atoms with E-state index in [1.165, 1.54) is 18.2 Å². The van der Waals surface area contributed by atoms with Crippen molar-refractivity contribution in [1.29, 1.82) is 0 Å². The summed E-state index contributed by atoms with van der Waals surface area (Å²) in [6, 6.07) is 12.8. The van der Waals surface area contributed by atoms with Crippen LogP contribution in [0.25, 0.3) is 0 Å². The van der Waals surface area contributed by atoms with Gasteiger partial charge in [-0.25, -0.2) is 14.4 Å². The number of nitrogens with zero attached hydrogens (tertiary/aromatic N) is 1. The molecule has 1 atom stereocenters. The van der Waals surface area contributed by atoms with Crippen LogP contribution in [0.5, 0.6) is 0 Å². The normalized spacial score (nSPS) is 15.0. The van der Waals surface area contributed by atoms with Crippen LogP contribution in [0.2, 0.25) is 0 Å². The fourth-order valence-electron chi connectivity index (χ4n) is 4.51. The summed E-state index contributed by atoms with van der Waals surface area (Å²) in [4.78, 5) is 52.9. The highest BCUT2D eigenvalue weighted by Crippen LogP contribution is 2.25. The van der Waals surface area contributed by atoms with Gasteiger partial charge < -0.3 is 29.2 Å². The minimum absolute atomic E-state index is 0.0346. The van der Waals surface area contributed by atoms with Gasteiger partial charge in [0, 0.05) is 30.5 Å². The van der Waals surface area contributed by atoms with E-state index in [1.807, 2.05) is 0 Å². The van der Waals surface area contributed by atoms with Crippen LogP contribution >= 0.6 is 0 Å². The van der Waals surface area contributed by atoms with Gasteiger partial charge in [-0.05, 0) is 104 Å². The molecule has 1 saturated heterocycles. The van der Waals surface area contributed by atoms with E-state index in [4.69, 9.17) is 18.9 Å². The molecule has 0 saturated carbocycles. The Bertz CT molecular complexity index is 1390. The lowest BCUT2D eigenvalue weighted by atomic mass is 10.0. The molecule has 0 aliphatic carbocycles. The van der Waals surface area contributed by atoms with Crippen molar-refractivity contribution in [2.75, 3.05) is 35.7 Å². The van der Waals surface area contributed by atoms with Gasteiger partial charge in [0.05, 0.1) is 17.9 Å². The van der Waals surface area contributed by atoms with Gasteiger partial charge in [0.1, 0.15) is 16.8 Å². The summed E-state index contributed by atoms with van der Waals surface area (Å²) in [5, 5.41) is 8.09. The molecule has 1 heterocycles. The molecule has 0 radical (unpaired) electrons. The van der Waals surface area contributed by atoms with Crippen LogP contribution in [0.15, 0.2) is 61.2 Å². The Morgan fingerprint density at radius 1 is 0.804 bits per heavy atom. The zero-order chi connectivity index (χ0) is 34.1. The average Bonchev–Trinajstić information content (AvgIpc) is 2.96. The van der Waals surface area contributed by atoms with Crippen molar-refractivity contribution in [2.24, 2.45) is 0 Å². The molecule has 2 aromatic rings. The van der Waals surface area contributed by atoms with Crippen molar-refractivity contribution in [2.45, 2.75) is 84.2 Å². The van der Waals surface area contributed by atoms with Crippen molar-refractivity contribution in [3.8, 4) is 0 Å². The molecule has 4 amide bonds. The Labute approximate surface area is 270 Å². The molecule has 1 fully saturated rings. The molecule has 0 spiro atoms. The van der Waals surface area contributed by atoms with E-state index in [0.29, 0.717) is 48.7 Å². The number of anilines is 3. The molecular weight excluding hydrogens is 592 g/mol. The molecular formula is C34H46N4O8. The Balaban J connectivity index is 1.64. The van der Waals surface area contributed by atoms with E-state index in [9.17, 15) is 19.2 Å². The van der Waals surface area contributed by atoms with Crippen LogP contribution < -0.4 is 16.0 Å². The Hall–Kier alpha value is -4.58. The van der Waals surface area contributed by atoms with Crippen LogP contribution in [0.4, 0.5) is 31.4 Å². The number of rotatable bonds is 9. The van der Waals surface area contributed by atoms with Gasteiger partial charge in [0.2, 0.25) is 0 Å². The largest absolute Gasteiger partial charge is 0.444 e. The number of hydrogen-bond donors (Lipinski definition) is 3. The molecule has 1 aliphatic rings. The molecule has 3 rings (SSSR count). The predicted molar refractivity (Wildman–Crippen MR) is 176 cm³/mol. The molecule has 0 aromatic heterocycles. The first-order chi connectivity index (χ1) is 21.5. The second-order valence-corrected chi connectivity index (χ2v) is 13.2. The second-order valence-electron chi connectivity index (χ2n) is 13.2. The first-order valence-corrected chi connectivity index (χ1v) is 15.2. The monoisotopic (exact) mass is 638 g/mol. The first kappa shape index (κ1) is 35.9. The van der Waals surface area contributed by atoms with Crippen LogP contribution in [0, 0.1) is 0 Å². The number of amides is 4. The summed E-state index contributed by atoms with van der Waals surface area (Å²) in [6.45, 7) is 17.2. The maximum atomic E-state index is 13.2. The van der Waals surface area contributed by atoms with E-state index in [1.54, 1.807) is 89.8 Å². The van der Waals surface area contributed by atoms with Gasteiger partial charge >= 0.3 is 18.3 Å². The molecule has 12 heteroatoms. The van der Waals surface area contributed by atoms with Crippen molar-refractivity contribution in [3.05, 3.63) is 66.7 Å². The molecule has 46 heavy (non-hydrogen) atoms. The summed E-state index contributed by atoms with van der Waals surface area (Å²) in [7, 11) is 0. The smallest absolute Gasteiger partial charge is 0.412 e. The van der Waals surface area contributed by atoms with Crippen molar-refractivity contribution in [1.82, 2.24) is 4.90 Å². The molecule has 2 aromatic carbocycles. The van der Waals surface area contributed by atoms with Crippen LogP contribution in [-0.2, 0) is 18.9 Å². The summed E-state index contributed by atoms with van der Waals surface area (Å²) in [5.74, 6) is -0.429. The van der Waals surface area contributed by atoms with Gasteiger partial charge in [0.15, 0.2) is 0 Å². The minimum Gasteiger partial charge on any atom is -0.444 e. The third-order valence-corrected chi connectivity index (χ3v) is 6.71. The number of para-hydroxylation sites is 2. The first-order valence-electron chi connectivity index (χ1n) is 15.2. The Kier molecular flexibility index (Phi) is 11.8. The lowest BCUT2D eigenvalue weighted by Crippen LogP contribution is -2.52. The molecule has 12 nitrogen and oxygen atoms in total. The van der Waals surface area contributed by atoms with E-state index < -0.39 is 41.0 Å². The molecule has 1 aliphatic heterocycles. The number of carbonyl (C=O) groups excluding carboxylic acids is 4. The predicted octanol–water partition coefficient (Wildman–Crippen LogP) is 7.20. The van der Waals surface area contributed by atoms with E-state index in [2.05, 4.69) is 22.5 Å². The Morgan fingerprint density at radius 2 is 1.35 bits per heavy atom. The zero-order valence-electron chi connectivity index (χ0n) is 27.7. The third kappa shape index (κ3) is 11.4. The van der Waals surface area contributed by atoms with Crippen LogP contribution in [0.1, 0.15) is 71.7 Å². The number of hydrogen-bond acceptors (Lipinski definition) is 8. The van der Waals surface area contributed by atoms with Crippen molar-refractivity contribution >= 4 is 41.2 Å². The summed E-state index contributed by atoms with van der Waals surface area (Å²) >= 11 is 0.